The zero-order valence-corrected chi connectivity index (χ0v) is 12.5. The van der Waals surface area contributed by atoms with Gasteiger partial charge in [0.15, 0.2) is 0 Å². The molecular weight excluding hydrogens is 268 g/mol. The average Bonchev–Trinajstić information content (AvgIpc) is 2.47. The highest BCUT2D eigenvalue weighted by molar-refractivity contribution is 7.80. The summed E-state index contributed by atoms with van der Waals surface area (Å²) in [6.45, 7) is 2.04. The summed E-state index contributed by atoms with van der Waals surface area (Å²) in [4.78, 5) is 18.2. The number of benzene rings is 1. The third-order valence-corrected chi connectivity index (χ3v) is 3.73. The molecule has 0 aliphatic carbocycles. The van der Waals surface area contributed by atoms with Gasteiger partial charge in [-0.25, -0.2) is 4.98 Å². The summed E-state index contributed by atoms with van der Waals surface area (Å²) in [5.74, 6) is -0.0495. The fraction of sp³-hybridized carbons (Fsp3) is 0.250. The van der Waals surface area contributed by atoms with Gasteiger partial charge in [0.2, 0.25) is 0 Å². The summed E-state index contributed by atoms with van der Waals surface area (Å²) in [7, 11) is 1.82. The molecule has 1 aromatic heterocycles. The number of likely N-dealkylation sites (N-methyl/N-ethyl adjacent to an activating group) is 1. The number of thiol groups is 1. The first-order chi connectivity index (χ1) is 9.59. The monoisotopic (exact) mass is 286 g/mol. The largest absolute Gasteiger partial charge is 0.339 e. The van der Waals surface area contributed by atoms with Crippen LogP contribution in [0.4, 0.5) is 0 Å². The first kappa shape index (κ1) is 14.6. The standard InChI is InChI=1S/C16H18N2OS/c1-12(11-13-7-4-3-5-8-13)18(2)16(19)14-9-6-10-17-15(14)20/h3-10,12H,11H2,1-2H3,(H,17,20). The molecule has 0 aliphatic rings. The maximum absolute atomic E-state index is 12.4. The lowest BCUT2D eigenvalue weighted by Gasteiger charge is -2.25. The lowest BCUT2D eigenvalue weighted by Crippen LogP contribution is -2.36. The summed E-state index contributed by atoms with van der Waals surface area (Å²) in [5.41, 5.74) is 1.76. The van der Waals surface area contributed by atoms with E-state index in [0.29, 0.717) is 10.6 Å². The van der Waals surface area contributed by atoms with Crippen LogP contribution in [-0.2, 0) is 6.42 Å². The van der Waals surface area contributed by atoms with E-state index in [9.17, 15) is 4.79 Å². The number of carbonyl (C=O) groups excluding carboxylic acids is 1. The lowest BCUT2D eigenvalue weighted by atomic mass is 10.1. The van der Waals surface area contributed by atoms with Gasteiger partial charge in [-0.1, -0.05) is 30.3 Å². The van der Waals surface area contributed by atoms with E-state index in [-0.39, 0.29) is 11.9 Å². The van der Waals surface area contributed by atoms with E-state index < -0.39 is 0 Å². The van der Waals surface area contributed by atoms with Crippen LogP contribution < -0.4 is 0 Å². The molecule has 104 valence electrons. The predicted molar refractivity (Wildman–Crippen MR) is 83.2 cm³/mol. The van der Waals surface area contributed by atoms with E-state index in [2.05, 4.69) is 29.7 Å². The van der Waals surface area contributed by atoms with Crippen molar-refractivity contribution in [1.29, 1.82) is 0 Å². The van der Waals surface area contributed by atoms with Crippen molar-refractivity contribution in [3.63, 3.8) is 0 Å². The van der Waals surface area contributed by atoms with Crippen molar-refractivity contribution in [3.05, 3.63) is 59.8 Å². The molecule has 1 aromatic carbocycles. The molecule has 0 fully saturated rings. The summed E-state index contributed by atoms with van der Waals surface area (Å²) < 4.78 is 0. The normalized spacial score (nSPS) is 11.9. The van der Waals surface area contributed by atoms with Crippen molar-refractivity contribution >= 4 is 18.5 Å². The number of amides is 1. The van der Waals surface area contributed by atoms with Gasteiger partial charge < -0.3 is 4.90 Å². The van der Waals surface area contributed by atoms with E-state index in [4.69, 9.17) is 0 Å². The summed E-state index contributed by atoms with van der Waals surface area (Å²) in [6, 6.07) is 13.8. The number of hydrogen-bond acceptors (Lipinski definition) is 3. The van der Waals surface area contributed by atoms with Crippen LogP contribution in [-0.4, -0.2) is 28.9 Å². The first-order valence-electron chi connectivity index (χ1n) is 6.54. The van der Waals surface area contributed by atoms with Crippen LogP contribution in [0.1, 0.15) is 22.8 Å². The Bertz CT molecular complexity index is 586. The van der Waals surface area contributed by atoms with Gasteiger partial charge in [0, 0.05) is 19.3 Å². The molecule has 0 saturated heterocycles. The topological polar surface area (TPSA) is 33.2 Å². The molecule has 0 spiro atoms. The van der Waals surface area contributed by atoms with Crippen LogP contribution >= 0.6 is 12.6 Å². The molecule has 2 rings (SSSR count). The Morgan fingerprint density at radius 2 is 1.95 bits per heavy atom. The van der Waals surface area contributed by atoms with Gasteiger partial charge >= 0.3 is 0 Å². The Kier molecular flexibility index (Phi) is 4.79. The molecule has 0 radical (unpaired) electrons. The Hall–Kier alpha value is -1.81. The van der Waals surface area contributed by atoms with Crippen molar-refractivity contribution < 1.29 is 4.79 Å². The maximum atomic E-state index is 12.4. The first-order valence-corrected chi connectivity index (χ1v) is 6.99. The molecule has 3 nitrogen and oxygen atoms in total. The van der Waals surface area contributed by atoms with E-state index in [0.717, 1.165) is 6.42 Å². The molecule has 4 heteroatoms. The third kappa shape index (κ3) is 3.39. The second kappa shape index (κ2) is 6.57. The van der Waals surface area contributed by atoms with Gasteiger partial charge in [-0.05, 0) is 31.0 Å². The lowest BCUT2D eigenvalue weighted by molar-refractivity contribution is 0.0739. The zero-order valence-electron chi connectivity index (χ0n) is 11.7. The molecule has 1 atom stereocenters. The number of aromatic nitrogens is 1. The number of hydrogen-bond donors (Lipinski definition) is 1. The molecule has 1 heterocycles. The highest BCUT2D eigenvalue weighted by Gasteiger charge is 2.19. The van der Waals surface area contributed by atoms with E-state index in [1.807, 2.05) is 32.2 Å². The van der Waals surface area contributed by atoms with Crippen molar-refractivity contribution in [1.82, 2.24) is 9.88 Å². The Morgan fingerprint density at radius 3 is 2.60 bits per heavy atom. The molecule has 1 amide bonds. The molecular formula is C16H18N2OS. The second-order valence-electron chi connectivity index (χ2n) is 4.83. The van der Waals surface area contributed by atoms with Crippen molar-refractivity contribution in [2.75, 3.05) is 7.05 Å². The number of rotatable bonds is 4. The quantitative estimate of drug-likeness (QED) is 0.876. The fourth-order valence-corrected chi connectivity index (χ4v) is 2.28. The number of pyridine rings is 1. The van der Waals surface area contributed by atoms with Crippen molar-refractivity contribution in [3.8, 4) is 0 Å². The van der Waals surface area contributed by atoms with Gasteiger partial charge in [-0.3, -0.25) is 4.79 Å². The maximum Gasteiger partial charge on any atom is 0.256 e. The summed E-state index contributed by atoms with van der Waals surface area (Å²) in [6.07, 6.45) is 2.46. The number of nitrogens with zero attached hydrogens (tertiary/aromatic N) is 2. The Balaban J connectivity index is 2.09. The van der Waals surface area contributed by atoms with Crippen LogP contribution in [0.5, 0.6) is 0 Å². The van der Waals surface area contributed by atoms with Crippen LogP contribution in [0.25, 0.3) is 0 Å². The zero-order chi connectivity index (χ0) is 14.5. The minimum atomic E-state index is -0.0495. The minimum Gasteiger partial charge on any atom is -0.339 e. The van der Waals surface area contributed by atoms with Crippen LogP contribution in [0.3, 0.4) is 0 Å². The molecule has 2 aromatic rings. The van der Waals surface area contributed by atoms with Gasteiger partial charge in [-0.15, -0.1) is 12.6 Å². The van der Waals surface area contributed by atoms with Crippen molar-refractivity contribution in [2.24, 2.45) is 0 Å². The van der Waals surface area contributed by atoms with Crippen LogP contribution in [0.2, 0.25) is 0 Å². The van der Waals surface area contributed by atoms with Gasteiger partial charge in [-0.2, -0.15) is 0 Å². The molecule has 0 aliphatic heterocycles. The highest BCUT2D eigenvalue weighted by atomic mass is 32.1. The third-order valence-electron chi connectivity index (χ3n) is 3.37. The summed E-state index contributed by atoms with van der Waals surface area (Å²) in [5, 5.41) is 0.469. The van der Waals surface area contributed by atoms with E-state index in [1.54, 1.807) is 23.2 Å². The smallest absolute Gasteiger partial charge is 0.256 e. The Morgan fingerprint density at radius 1 is 1.25 bits per heavy atom. The molecule has 0 saturated carbocycles. The SMILES string of the molecule is CC(Cc1ccccc1)N(C)C(=O)c1cccnc1S. The van der Waals surface area contributed by atoms with Gasteiger partial charge in [0.1, 0.15) is 5.03 Å². The molecule has 20 heavy (non-hydrogen) atoms. The molecule has 1 unspecified atom stereocenters. The predicted octanol–water partition coefficient (Wildman–Crippen LogP) is 3.07. The highest BCUT2D eigenvalue weighted by Crippen LogP contribution is 2.15. The van der Waals surface area contributed by atoms with Crippen LogP contribution in [0, 0.1) is 0 Å². The number of carbonyl (C=O) groups is 1. The van der Waals surface area contributed by atoms with Crippen LogP contribution in [0.15, 0.2) is 53.7 Å². The van der Waals surface area contributed by atoms with Gasteiger partial charge in [0.25, 0.3) is 5.91 Å². The average molecular weight is 286 g/mol. The fourth-order valence-electron chi connectivity index (χ4n) is 2.05. The minimum absolute atomic E-state index is 0.0495. The van der Waals surface area contributed by atoms with E-state index in [1.165, 1.54) is 5.56 Å². The van der Waals surface area contributed by atoms with E-state index >= 15 is 0 Å². The molecule has 0 N–H and O–H groups in total. The second-order valence-corrected chi connectivity index (χ2v) is 5.25. The molecule has 0 bridgehead atoms. The van der Waals surface area contributed by atoms with Gasteiger partial charge in [0.05, 0.1) is 5.56 Å². The Labute approximate surface area is 125 Å². The van der Waals surface area contributed by atoms with Crippen molar-refractivity contribution in [2.45, 2.75) is 24.4 Å². The summed E-state index contributed by atoms with van der Waals surface area (Å²) >= 11 is 4.24.